The zero-order chi connectivity index (χ0) is 14.6. The summed E-state index contributed by atoms with van der Waals surface area (Å²) in [6.45, 7) is 9.02. The lowest BCUT2D eigenvalue weighted by atomic mass is 9.66. The summed E-state index contributed by atoms with van der Waals surface area (Å²) < 4.78 is 24.7. The fourth-order valence-corrected chi connectivity index (χ4v) is 7.43. The van der Waals surface area contributed by atoms with Crippen LogP contribution in [0.2, 0.25) is 0 Å². The van der Waals surface area contributed by atoms with Gasteiger partial charge in [-0.1, -0.05) is 27.2 Å². The molecule has 0 radical (unpaired) electrons. The lowest BCUT2D eigenvalue weighted by Gasteiger charge is -2.60. The average molecular weight is 299 g/mol. The molecular weight excluding hydrogens is 270 g/mol. The van der Waals surface area contributed by atoms with Crippen LogP contribution in [0, 0.1) is 11.3 Å². The highest BCUT2D eigenvalue weighted by Gasteiger charge is 2.63. The second-order valence-electron chi connectivity index (χ2n) is 8.28. The Hall–Kier alpha value is -0.0900. The lowest BCUT2D eigenvalue weighted by Crippen LogP contribution is -2.74. The van der Waals surface area contributed by atoms with E-state index in [0.717, 1.165) is 25.9 Å². The molecule has 0 spiro atoms. The fraction of sp³-hybridized carbons (Fsp3) is 1.00. The first-order valence-electron chi connectivity index (χ1n) is 8.22. The molecule has 0 aromatic carbocycles. The van der Waals surface area contributed by atoms with E-state index in [9.17, 15) is 8.42 Å². The molecule has 0 N–H and O–H groups in total. The molecule has 2 aliphatic heterocycles. The maximum Gasteiger partial charge on any atom is 0.156 e. The SMILES string of the molecule is CC(C)(C)[C@H]1CC[C@]2(N3CCCCC3)CS(=O)(=O)[C@@H]2C1. The molecule has 0 unspecified atom stereocenters. The second-order valence-corrected chi connectivity index (χ2v) is 10.5. The molecule has 3 rings (SSSR count). The smallest absolute Gasteiger partial charge is 0.156 e. The first kappa shape index (κ1) is 14.8. The van der Waals surface area contributed by atoms with Gasteiger partial charge in [-0.2, -0.15) is 0 Å². The van der Waals surface area contributed by atoms with Crippen LogP contribution in [0.3, 0.4) is 0 Å². The Balaban J connectivity index is 1.83. The molecule has 0 amide bonds. The Morgan fingerprint density at radius 3 is 2.30 bits per heavy atom. The first-order chi connectivity index (χ1) is 9.26. The Bertz CT molecular complexity index is 473. The summed E-state index contributed by atoms with van der Waals surface area (Å²) in [5.41, 5.74) is 0.250. The molecule has 0 aromatic rings. The molecule has 116 valence electrons. The Morgan fingerprint density at radius 1 is 1.10 bits per heavy atom. The molecule has 1 aliphatic carbocycles. The van der Waals surface area contributed by atoms with E-state index in [1.165, 1.54) is 25.7 Å². The maximum absolute atomic E-state index is 12.3. The van der Waals surface area contributed by atoms with Crippen LogP contribution in [0.25, 0.3) is 0 Å². The molecule has 0 aromatic heterocycles. The Kier molecular flexibility index (Phi) is 3.49. The number of fused-ring (bicyclic) bond motifs is 1. The Labute approximate surface area is 124 Å². The Morgan fingerprint density at radius 2 is 1.75 bits per heavy atom. The molecule has 1 saturated carbocycles. The molecule has 2 saturated heterocycles. The minimum absolute atomic E-state index is 0.0149. The minimum Gasteiger partial charge on any atom is -0.295 e. The highest BCUT2D eigenvalue weighted by Crippen LogP contribution is 2.52. The molecule has 20 heavy (non-hydrogen) atoms. The van der Waals surface area contributed by atoms with Gasteiger partial charge in [0, 0.05) is 0 Å². The maximum atomic E-state index is 12.3. The summed E-state index contributed by atoms with van der Waals surface area (Å²) in [5.74, 6) is 0.988. The highest BCUT2D eigenvalue weighted by atomic mass is 32.2. The van der Waals surface area contributed by atoms with Crippen molar-refractivity contribution in [2.75, 3.05) is 18.8 Å². The number of rotatable bonds is 1. The number of piperidine rings is 1. The van der Waals surface area contributed by atoms with E-state index in [4.69, 9.17) is 0 Å². The molecule has 2 heterocycles. The van der Waals surface area contributed by atoms with Gasteiger partial charge in [-0.05, 0) is 56.5 Å². The van der Waals surface area contributed by atoms with Crippen LogP contribution in [0.4, 0.5) is 0 Å². The van der Waals surface area contributed by atoms with E-state index in [0.29, 0.717) is 11.7 Å². The zero-order valence-corrected chi connectivity index (χ0v) is 14.0. The van der Waals surface area contributed by atoms with E-state index in [-0.39, 0.29) is 16.2 Å². The highest BCUT2D eigenvalue weighted by molar-refractivity contribution is 7.93. The van der Waals surface area contributed by atoms with Gasteiger partial charge in [-0.15, -0.1) is 0 Å². The van der Waals surface area contributed by atoms with Gasteiger partial charge in [0.1, 0.15) is 0 Å². The molecule has 3 atom stereocenters. The topological polar surface area (TPSA) is 37.4 Å². The van der Waals surface area contributed by atoms with Crippen molar-refractivity contribution in [3.63, 3.8) is 0 Å². The van der Waals surface area contributed by atoms with Crippen molar-refractivity contribution in [2.24, 2.45) is 11.3 Å². The summed E-state index contributed by atoms with van der Waals surface area (Å²) in [4.78, 5) is 2.54. The number of sulfone groups is 1. The van der Waals surface area contributed by atoms with Crippen LogP contribution < -0.4 is 0 Å². The van der Waals surface area contributed by atoms with Gasteiger partial charge >= 0.3 is 0 Å². The summed E-state index contributed by atoms with van der Waals surface area (Å²) in [6, 6.07) is 0. The van der Waals surface area contributed by atoms with Crippen molar-refractivity contribution in [1.29, 1.82) is 0 Å². The number of nitrogens with zero attached hydrogens (tertiary/aromatic N) is 1. The summed E-state index contributed by atoms with van der Waals surface area (Å²) >= 11 is 0. The van der Waals surface area contributed by atoms with E-state index < -0.39 is 9.84 Å². The van der Waals surface area contributed by atoms with Gasteiger partial charge in [0.25, 0.3) is 0 Å². The quantitative estimate of drug-likeness (QED) is 0.747. The summed E-state index contributed by atoms with van der Waals surface area (Å²) in [6.07, 6.45) is 7.00. The van der Waals surface area contributed by atoms with Crippen molar-refractivity contribution >= 4 is 9.84 Å². The van der Waals surface area contributed by atoms with Gasteiger partial charge in [0.15, 0.2) is 9.84 Å². The predicted molar refractivity (Wildman–Crippen MR) is 82.5 cm³/mol. The normalized spacial score (nSPS) is 41.8. The van der Waals surface area contributed by atoms with Gasteiger partial charge in [-0.3, -0.25) is 4.90 Å². The summed E-state index contributed by atoms with van der Waals surface area (Å²) in [5, 5.41) is -0.0777. The predicted octanol–water partition coefficient (Wildman–Crippen LogP) is 2.85. The molecule has 3 nitrogen and oxygen atoms in total. The number of likely N-dealkylation sites (tertiary alicyclic amines) is 1. The average Bonchev–Trinajstić information content (AvgIpc) is 2.37. The van der Waals surface area contributed by atoms with Crippen molar-refractivity contribution in [3.05, 3.63) is 0 Å². The second kappa shape index (κ2) is 4.70. The van der Waals surface area contributed by atoms with Gasteiger partial charge < -0.3 is 0 Å². The van der Waals surface area contributed by atoms with Crippen LogP contribution in [0.5, 0.6) is 0 Å². The minimum atomic E-state index is -2.82. The zero-order valence-electron chi connectivity index (χ0n) is 13.2. The molecule has 3 aliphatic rings. The molecule has 0 bridgehead atoms. The fourth-order valence-electron chi connectivity index (χ4n) is 4.76. The van der Waals surface area contributed by atoms with E-state index >= 15 is 0 Å². The van der Waals surface area contributed by atoms with Crippen molar-refractivity contribution in [2.45, 2.75) is 70.1 Å². The van der Waals surface area contributed by atoms with Crippen molar-refractivity contribution < 1.29 is 8.42 Å². The van der Waals surface area contributed by atoms with Gasteiger partial charge in [0.2, 0.25) is 0 Å². The molecule has 3 fully saturated rings. The van der Waals surface area contributed by atoms with E-state index in [1.54, 1.807) is 0 Å². The van der Waals surface area contributed by atoms with Crippen molar-refractivity contribution in [3.8, 4) is 0 Å². The van der Waals surface area contributed by atoms with E-state index in [1.807, 2.05) is 0 Å². The van der Waals surface area contributed by atoms with Crippen LogP contribution in [0.15, 0.2) is 0 Å². The number of hydrogen-bond donors (Lipinski definition) is 0. The van der Waals surface area contributed by atoms with Crippen molar-refractivity contribution in [1.82, 2.24) is 4.90 Å². The van der Waals surface area contributed by atoms with E-state index in [2.05, 4.69) is 25.7 Å². The molecular formula is C16H29NO2S. The lowest BCUT2D eigenvalue weighted by molar-refractivity contribution is 0.00767. The third-order valence-electron chi connectivity index (χ3n) is 6.12. The standard InChI is InChI=1S/C16H29NO2S/c1-15(2,3)13-7-8-16(17-9-5-4-6-10-17)12-20(18,19)14(16)11-13/h13-14H,4-12H2,1-3H3/t13-,14+,16-/m0/s1. The third kappa shape index (κ3) is 2.23. The van der Waals surface area contributed by atoms with Crippen LogP contribution >= 0.6 is 0 Å². The van der Waals surface area contributed by atoms with Gasteiger partial charge in [-0.25, -0.2) is 8.42 Å². The monoisotopic (exact) mass is 299 g/mol. The summed E-state index contributed by atoms with van der Waals surface area (Å²) in [7, 11) is -2.82. The van der Waals surface area contributed by atoms with Crippen LogP contribution in [0.1, 0.15) is 59.3 Å². The largest absolute Gasteiger partial charge is 0.295 e. The van der Waals surface area contributed by atoms with Crippen LogP contribution in [-0.2, 0) is 9.84 Å². The van der Waals surface area contributed by atoms with Crippen LogP contribution in [-0.4, -0.2) is 42.9 Å². The molecule has 4 heteroatoms. The van der Waals surface area contributed by atoms with Gasteiger partial charge in [0.05, 0.1) is 16.5 Å². The first-order valence-corrected chi connectivity index (χ1v) is 9.94. The number of hydrogen-bond acceptors (Lipinski definition) is 3. The third-order valence-corrected chi connectivity index (χ3v) is 8.52.